The summed E-state index contributed by atoms with van der Waals surface area (Å²) in [5, 5.41) is 3.50. The second-order valence-corrected chi connectivity index (χ2v) is 6.19. The molecule has 0 aromatic heterocycles. The molecular weight excluding hydrogens is 302 g/mol. The summed E-state index contributed by atoms with van der Waals surface area (Å²) in [6.45, 7) is 0. The van der Waals surface area contributed by atoms with Crippen molar-refractivity contribution >= 4 is 23.5 Å². The Labute approximate surface area is 136 Å². The van der Waals surface area contributed by atoms with Crippen molar-refractivity contribution in [3.05, 3.63) is 34.9 Å². The number of benzene rings is 1. The van der Waals surface area contributed by atoms with Gasteiger partial charge in [-0.3, -0.25) is 4.79 Å². The van der Waals surface area contributed by atoms with Crippen molar-refractivity contribution in [1.82, 2.24) is 5.32 Å². The number of nitrogens with one attached hydrogen (secondary N) is 1. The lowest BCUT2D eigenvalue weighted by molar-refractivity contribution is -0.145. The van der Waals surface area contributed by atoms with Crippen LogP contribution in [0.1, 0.15) is 37.7 Å². The smallest absolute Gasteiger partial charge is 0.328 e. The monoisotopic (exact) mass is 323 g/mol. The molecule has 4 nitrogen and oxygen atoms in total. The highest BCUT2D eigenvalue weighted by Crippen LogP contribution is 2.24. The fourth-order valence-corrected chi connectivity index (χ4v) is 2.97. The highest BCUT2D eigenvalue weighted by molar-refractivity contribution is 6.30. The number of carbonyl (C=O) groups excluding carboxylic acids is 2. The van der Waals surface area contributed by atoms with Gasteiger partial charge in [0.05, 0.1) is 7.11 Å². The van der Waals surface area contributed by atoms with E-state index >= 15 is 0 Å². The van der Waals surface area contributed by atoms with Gasteiger partial charge < -0.3 is 10.1 Å². The maximum Gasteiger partial charge on any atom is 0.328 e. The predicted octanol–water partition coefficient (Wildman–Crippen LogP) is 3.12. The van der Waals surface area contributed by atoms with Crippen LogP contribution in [0.5, 0.6) is 0 Å². The van der Waals surface area contributed by atoms with Gasteiger partial charge in [-0.1, -0.05) is 43.0 Å². The topological polar surface area (TPSA) is 55.4 Å². The van der Waals surface area contributed by atoms with Gasteiger partial charge in [-0.2, -0.15) is 0 Å². The molecule has 22 heavy (non-hydrogen) atoms. The number of rotatable bonds is 5. The third kappa shape index (κ3) is 4.73. The second kappa shape index (κ2) is 8.18. The molecule has 0 bridgehead atoms. The molecule has 1 aliphatic rings. The Hall–Kier alpha value is -1.55. The van der Waals surface area contributed by atoms with Gasteiger partial charge in [-0.05, 0) is 30.5 Å². The molecule has 120 valence electrons. The molecule has 0 saturated heterocycles. The van der Waals surface area contributed by atoms with Crippen LogP contribution in [0, 0.1) is 5.92 Å². The molecule has 1 fully saturated rings. The summed E-state index contributed by atoms with van der Waals surface area (Å²) < 4.78 is 4.82. The molecule has 1 atom stereocenters. The number of carbonyl (C=O) groups is 2. The molecule has 0 radical (unpaired) electrons. The summed E-state index contributed by atoms with van der Waals surface area (Å²) in [7, 11) is 1.34. The SMILES string of the molecule is COC(=O)[C@H](Cc1ccc(Cl)cc1)NC(=O)C1CCCCC1. The Morgan fingerprint density at radius 2 is 1.86 bits per heavy atom. The zero-order chi connectivity index (χ0) is 15.9. The maximum atomic E-state index is 12.3. The molecule has 0 unspecified atom stereocenters. The first-order valence-corrected chi connectivity index (χ1v) is 8.10. The molecule has 1 aromatic rings. The molecule has 2 rings (SSSR count). The summed E-state index contributed by atoms with van der Waals surface area (Å²) in [5.74, 6) is -0.436. The van der Waals surface area contributed by atoms with Crippen molar-refractivity contribution in [2.24, 2.45) is 5.92 Å². The van der Waals surface area contributed by atoms with Crippen LogP contribution in [-0.4, -0.2) is 25.0 Å². The fraction of sp³-hybridized carbons (Fsp3) is 0.529. The molecule has 0 aliphatic heterocycles. The van der Waals surface area contributed by atoms with Crippen LogP contribution in [0.25, 0.3) is 0 Å². The molecule has 1 N–H and O–H groups in total. The van der Waals surface area contributed by atoms with Crippen LogP contribution in [0.15, 0.2) is 24.3 Å². The van der Waals surface area contributed by atoms with Crippen LogP contribution in [-0.2, 0) is 20.7 Å². The average molecular weight is 324 g/mol. The number of methoxy groups -OCH3 is 1. The number of esters is 1. The maximum absolute atomic E-state index is 12.3. The summed E-state index contributed by atoms with van der Waals surface area (Å²) >= 11 is 5.86. The Bertz CT molecular complexity index is 509. The standard InChI is InChI=1S/C17H22ClNO3/c1-22-17(21)15(11-12-7-9-14(18)10-8-12)19-16(20)13-5-3-2-4-6-13/h7-10,13,15H,2-6,11H2,1H3,(H,19,20)/t15-/m0/s1. The molecular formula is C17H22ClNO3. The van der Waals surface area contributed by atoms with Crippen molar-refractivity contribution < 1.29 is 14.3 Å². The zero-order valence-corrected chi connectivity index (χ0v) is 13.6. The summed E-state index contributed by atoms with van der Waals surface area (Å²) in [6, 6.07) is 6.60. The van der Waals surface area contributed by atoms with E-state index in [0.717, 1.165) is 31.2 Å². The van der Waals surface area contributed by atoms with E-state index < -0.39 is 12.0 Å². The van der Waals surface area contributed by atoms with Crippen molar-refractivity contribution in [2.75, 3.05) is 7.11 Å². The molecule has 1 aliphatic carbocycles. The van der Waals surface area contributed by atoms with Gasteiger partial charge in [0.2, 0.25) is 5.91 Å². The first-order chi connectivity index (χ1) is 10.6. The van der Waals surface area contributed by atoms with Gasteiger partial charge in [0.25, 0.3) is 0 Å². The summed E-state index contributed by atoms with van der Waals surface area (Å²) in [6.07, 6.45) is 5.56. The fourth-order valence-electron chi connectivity index (χ4n) is 2.85. The van der Waals surface area contributed by atoms with Crippen molar-refractivity contribution in [3.63, 3.8) is 0 Å². The largest absolute Gasteiger partial charge is 0.467 e. The van der Waals surface area contributed by atoms with Gasteiger partial charge in [0.15, 0.2) is 0 Å². The van der Waals surface area contributed by atoms with E-state index in [-0.39, 0.29) is 11.8 Å². The highest BCUT2D eigenvalue weighted by Gasteiger charge is 2.27. The van der Waals surface area contributed by atoms with Crippen LogP contribution in [0.4, 0.5) is 0 Å². The van der Waals surface area contributed by atoms with E-state index in [2.05, 4.69) is 5.32 Å². The Morgan fingerprint density at radius 3 is 2.45 bits per heavy atom. The number of amides is 1. The molecule has 5 heteroatoms. The molecule has 1 saturated carbocycles. The van der Waals surface area contributed by atoms with Crippen LogP contribution in [0.3, 0.4) is 0 Å². The summed E-state index contributed by atoms with van der Waals surface area (Å²) in [5.41, 5.74) is 0.934. The number of halogens is 1. The minimum atomic E-state index is -0.652. The molecule has 1 aromatic carbocycles. The van der Waals surface area contributed by atoms with Crippen molar-refractivity contribution in [3.8, 4) is 0 Å². The second-order valence-electron chi connectivity index (χ2n) is 5.75. The van der Waals surface area contributed by atoms with E-state index in [9.17, 15) is 9.59 Å². The van der Waals surface area contributed by atoms with E-state index in [4.69, 9.17) is 16.3 Å². The van der Waals surface area contributed by atoms with Gasteiger partial charge in [0.1, 0.15) is 6.04 Å². The molecule has 0 heterocycles. The van der Waals surface area contributed by atoms with E-state index in [1.807, 2.05) is 12.1 Å². The van der Waals surface area contributed by atoms with E-state index in [1.165, 1.54) is 13.5 Å². The Morgan fingerprint density at radius 1 is 1.23 bits per heavy atom. The minimum absolute atomic E-state index is 0.0196. The molecule has 1 amide bonds. The quantitative estimate of drug-likeness (QED) is 0.847. The highest BCUT2D eigenvalue weighted by atomic mass is 35.5. The normalized spacial score (nSPS) is 16.8. The number of hydrogen-bond acceptors (Lipinski definition) is 3. The summed E-state index contributed by atoms with van der Waals surface area (Å²) in [4.78, 5) is 24.3. The van der Waals surface area contributed by atoms with Crippen LogP contribution >= 0.6 is 11.6 Å². The van der Waals surface area contributed by atoms with Gasteiger partial charge >= 0.3 is 5.97 Å². The van der Waals surface area contributed by atoms with Crippen molar-refractivity contribution in [2.45, 2.75) is 44.6 Å². The van der Waals surface area contributed by atoms with Gasteiger partial charge in [-0.15, -0.1) is 0 Å². The Kier molecular flexibility index (Phi) is 6.25. The third-order valence-electron chi connectivity index (χ3n) is 4.13. The lowest BCUT2D eigenvalue weighted by atomic mass is 9.88. The van der Waals surface area contributed by atoms with Crippen molar-refractivity contribution in [1.29, 1.82) is 0 Å². The first kappa shape index (κ1) is 16.8. The average Bonchev–Trinajstić information content (AvgIpc) is 2.56. The lowest BCUT2D eigenvalue weighted by Crippen LogP contribution is -2.45. The van der Waals surface area contributed by atoms with E-state index in [1.54, 1.807) is 12.1 Å². The Balaban J connectivity index is 2.00. The lowest BCUT2D eigenvalue weighted by Gasteiger charge is -2.24. The third-order valence-corrected chi connectivity index (χ3v) is 4.38. The first-order valence-electron chi connectivity index (χ1n) is 7.73. The predicted molar refractivity (Wildman–Crippen MR) is 85.7 cm³/mol. The number of hydrogen-bond donors (Lipinski definition) is 1. The minimum Gasteiger partial charge on any atom is -0.467 e. The van der Waals surface area contributed by atoms with Crippen LogP contribution in [0.2, 0.25) is 5.02 Å². The van der Waals surface area contributed by atoms with Crippen LogP contribution < -0.4 is 5.32 Å². The van der Waals surface area contributed by atoms with Gasteiger partial charge in [-0.25, -0.2) is 4.79 Å². The van der Waals surface area contributed by atoms with E-state index in [0.29, 0.717) is 11.4 Å². The molecule has 0 spiro atoms. The number of ether oxygens (including phenoxy) is 1. The van der Waals surface area contributed by atoms with Gasteiger partial charge in [0, 0.05) is 17.4 Å². The zero-order valence-electron chi connectivity index (χ0n) is 12.8.